The summed E-state index contributed by atoms with van der Waals surface area (Å²) in [5.41, 5.74) is 3.81. The summed E-state index contributed by atoms with van der Waals surface area (Å²) in [4.78, 5) is 16.3. The number of nitrogens with one attached hydrogen (secondary N) is 1. The van der Waals surface area contributed by atoms with Crippen molar-refractivity contribution in [1.82, 2.24) is 4.98 Å². The minimum atomic E-state index is -0.0680. The fourth-order valence-electron chi connectivity index (χ4n) is 1.85. The Balaban J connectivity index is 2.04. The molecule has 0 bridgehead atoms. The largest absolute Gasteiger partial charge is 0.326 e. The molecule has 0 aliphatic carbocycles. The molecule has 0 aliphatic heterocycles. The first-order valence-electron chi connectivity index (χ1n) is 6.05. The molecule has 106 valence electrons. The van der Waals surface area contributed by atoms with E-state index < -0.39 is 0 Å². The van der Waals surface area contributed by atoms with Crippen molar-refractivity contribution in [1.29, 1.82) is 0 Å². The summed E-state index contributed by atoms with van der Waals surface area (Å²) in [6.07, 6.45) is 0.274. The van der Waals surface area contributed by atoms with E-state index >= 15 is 0 Å². The Labute approximate surface area is 135 Å². The van der Waals surface area contributed by atoms with E-state index in [1.807, 2.05) is 31.4 Å². The molecule has 0 spiro atoms. The highest BCUT2D eigenvalue weighted by atomic mass is 79.9. The summed E-state index contributed by atoms with van der Waals surface area (Å²) in [6, 6.07) is 3.89. The minimum absolute atomic E-state index is 0.0680. The molecule has 0 unspecified atom stereocenters. The Bertz CT molecular complexity index is 619. The van der Waals surface area contributed by atoms with Crippen LogP contribution in [0.15, 0.2) is 22.0 Å². The van der Waals surface area contributed by atoms with E-state index in [0.717, 1.165) is 32.0 Å². The van der Waals surface area contributed by atoms with Gasteiger partial charge in [0.1, 0.15) is 5.01 Å². The van der Waals surface area contributed by atoms with Gasteiger partial charge in [0, 0.05) is 15.5 Å². The van der Waals surface area contributed by atoms with Gasteiger partial charge in [-0.3, -0.25) is 4.79 Å². The Morgan fingerprint density at radius 1 is 1.40 bits per heavy atom. The van der Waals surface area contributed by atoms with Crippen molar-refractivity contribution in [3.63, 3.8) is 0 Å². The van der Waals surface area contributed by atoms with Gasteiger partial charge in [0.25, 0.3) is 0 Å². The van der Waals surface area contributed by atoms with Crippen LogP contribution < -0.4 is 5.32 Å². The van der Waals surface area contributed by atoms with Gasteiger partial charge in [-0.1, -0.05) is 15.9 Å². The molecule has 1 aromatic heterocycles. The maximum atomic E-state index is 12.0. The standard InChI is InChI=1S/C14H14BrClN2OS/c1-8-3-10(4-9(2)14(8)15)17-12(19)5-13-18-11(6-16)7-20-13/h3-4,7H,5-6H2,1-2H3,(H,17,19). The molecule has 2 aromatic rings. The first-order chi connectivity index (χ1) is 9.49. The summed E-state index contributed by atoms with van der Waals surface area (Å²) in [7, 11) is 0. The quantitative estimate of drug-likeness (QED) is 0.805. The second-order valence-corrected chi connectivity index (χ2v) is 6.52. The molecule has 0 fully saturated rings. The van der Waals surface area contributed by atoms with Crippen LogP contribution in [-0.4, -0.2) is 10.9 Å². The third kappa shape index (κ3) is 3.81. The number of hydrogen-bond donors (Lipinski definition) is 1. The van der Waals surface area contributed by atoms with Crippen LogP contribution in [0, 0.1) is 13.8 Å². The molecule has 1 N–H and O–H groups in total. The van der Waals surface area contributed by atoms with Crippen molar-refractivity contribution in [3.05, 3.63) is 43.8 Å². The Hall–Kier alpha value is -0.910. The number of hydrogen-bond acceptors (Lipinski definition) is 3. The first kappa shape index (κ1) is 15.5. The lowest BCUT2D eigenvalue weighted by atomic mass is 10.1. The Morgan fingerprint density at radius 2 is 2.05 bits per heavy atom. The number of aromatic nitrogens is 1. The van der Waals surface area contributed by atoms with E-state index in [4.69, 9.17) is 11.6 Å². The van der Waals surface area contributed by atoms with E-state index in [0.29, 0.717) is 5.88 Å². The number of aryl methyl sites for hydroxylation is 2. The number of thiazole rings is 1. The zero-order valence-electron chi connectivity index (χ0n) is 11.2. The SMILES string of the molecule is Cc1cc(NC(=O)Cc2nc(CCl)cs2)cc(C)c1Br. The molecule has 0 radical (unpaired) electrons. The van der Waals surface area contributed by atoms with Gasteiger partial charge in [-0.2, -0.15) is 0 Å². The van der Waals surface area contributed by atoms with Crippen LogP contribution in [0.5, 0.6) is 0 Å². The molecule has 0 saturated carbocycles. The molecular formula is C14H14BrClN2OS. The van der Waals surface area contributed by atoms with Gasteiger partial charge in [0.2, 0.25) is 5.91 Å². The second-order valence-electron chi connectivity index (χ2n) is 4.52. The number of rotatable bonds is 4. The summed E-state index contributed by atoms with van der Waals surface area (Å²) in [5.74, 6) is 0.310. The molecule has 1 heterocycles. The summed E-state index contributed by atoms with van der Waals surface area (Å²) in [5, 5.41) is 5.56. The normalized spacial score (nSPS) is 10.6. The fraction of sp³-hybridized carbons (Fsp3) is 0.286. The van der Waals surface area contributed by atoms with E-state index in [-0.39, 0.29) is 12.3 Å². The molecule has 2 rings (SSSR count). The summed E-state index contributed by atoms with van der Waals surface area (Å²) >= 11 is 10.7. The average molecular weight is 374 g/mol. The van der Waals surface area contributed by atoms with Crippen LogP contribution in [0.25, 0.3) is 0 Å². The monoisotopic (exact) mass is 372 g/mol. The van der Waals surface area contributed by atoms with E-state index in [9.17, 15) is 4.79 Å². The molecule has 1 aromatic carbocycles. The average Bonchev–Trinajstić information content (AvgIpc) is 2.83. The second kappa shape index (κ2) is 6.70. The molecule has 0 aliphatic rings. The highest BCUT2D eigenvalue weighted by Crippen LogP contribution is 2.25. The van der Waals surface area contributed by atoms with Gasteiger partial charge >= 0.3 is 0 Å². The molecule has 0 saturated heterocycles. The van der Waals surface area contributed by atoms with Crippen molar-refractivity contribution in [2.75, 3.05) is 5.32 Å². The third-order valence-electron chi connectivity index (χ3n) is 2.77. The lowest BCUT2D eigenvalue weighted by molar-refractivity contribution is -0.115. The van der Waals surface area contributed by atoms with Gasteiger partial charge in [0.05, 0.1) is 18.0 Å². The zero-order valence-corrected chi connectivity index (χ0v) is 14.3. The topological polar surface area (TPSA) is 42.0 Å². The van der Waals surface area contributed by atoms with Crippen LogP contribution in [0.1, 0.15) is 21.8 Å². The minimum Gasteiger partial charge on any atom is -0.326 e. The maximum Gasteiger partial charge on any atom is 0.231 e. The molecule has 6 heteroatoms. The molecular weight excluding hydrogens is 360 g/mol. The number of carbonyl (C=O) groups excluding carboxylic acids is 1. The number of alkyl halides is 1. The summed E-state index contributed by atoms with van der Waals surface area (Å²) in [6.45, 7) is 4.00. The Morgan fingerprint density at radius 3 is 2.60 bits per heavy atom. The lowest BCUT2D eigenvalue weighted by Gasteiger charge is -2.09. The number of amides is 1. The highest BCUT2D eigenvalue weighted by molar-refractivity contribution is 9.10. The van der Waals surface area contributed by atoms with E-state index in [2.05, 4.69) is 26.2 Å². The number of nitrogens with zero attached hydrogens (tertiary/aromatic N) is 1. The van der Waals surface area contributed by atoms with Gasteiger partial charge in [-0.05, 0) is 37.1 Å². The van der Waals surface area contributed by atoms with Gasteiger partial charge < -0.3 is 5.32 Å². The van der Waals surface area contributed by atoms with E-state index in [1.54, 1.807) is 0 Å². The number of anilines is 1. The Kier molecular flexibility index (Phi) is 5.18. The first-order valence-corrected chi connectivity index (χ1v) is 8.26. The van der Waals surface area contributed by atoms with Gasteiger partial charge in [-0.15, -0.1) is 22.9 Å². The van der Waals surface area contributed by atoms with Crippen LogP contribution >= 0.6 is 38.9 Å². The third-order valence-corrected chi connectivity index (χ3v) is 5.19. The van der Waals surface area contributed by atoms with Crippen LogP contribution in [0.3, 0.4) is 0 Å². The van der Waals surface area contributed by atoms with Crippen LogP contribution in [0.2, 0.25) is 0 Å². The molecule has 1 amide bonds. The fourth-order valence-corrected chi connectivity index (χ4v) is 3.10. The summed E-state index contributed by atoms with van der Waals surface area (Å²) < 4.78 is 1.07. The number of carbonyl (C=O) groups is 1. The smallest absolute Gasteiger partial charge is 0.231 e. The van der Waals surface area contributed by atoms with Gasteiger partial charge in [-0.25, -0.2) is 4.98 Å². The highest BCUT2D eigenvalue weighted by Gasteiger charge is 2.09. The van der Waals surface area contributed by atoms with Crippen molar-refractivity contribution < 1.29 is 4.79 Å². The lowest BCUT2D eigenvalue weighted by Crippen LogP contribution is -2.14. The van der Waals surface area contributed by atoms with Crippen molar-refractivity contribution >= 4 is 50.5 Å². The molecule has 20 heavy (non-hydrogen) atoms. The van der Waals surface area contributed by atoms with Crippen LogP contribution in [0.4, 0.5) is 5.69 Å². The predicted molar refractivity (Wildman–Crippen MR) is 87.6 cm³/mol. The van der Waals surface area contributed by atoms with Gasteiger partial charge in [0.15, 0.2) is 0 Å². The van der Waals surface area contributed by atoms with Crippen molar-refractivity contribution in [2.24, 2.45) is 0 Å². The zero-order chi connectivity index (χ0) is 14.7. The number of halogens is 2. The van der Waals surface area contributed by atoms with Crippen molar-refractivity contribution in [2.45, 2.75) is 26.1 Å². The molecule has 3 nitrogen and oxygen atoms in total. The molecule has 0 atom stereocenters. The maximum absolute atomic E-state index is 12.0. The van der Waals surface area contributed by atoms with Crippen molar-refractivity contribution in [3.8, 4) is 0 Å². The predicted octanol–water partition coefficient (Wildman–Crippen LogP) is 4.44. The van der Waals surface area contributed by atoms with Crippen LogP contribution in [-0.2, 0) is 17.1 Å². The van der Waals surface area contributed by atoms with E-state index in [1.165, 1.54) is 11.3 Å². The number of benzene rings is 1.